The Hall–Kier alpha value is -1.71. The third-order valence-corrected chi connectivity index (χ3v) is 2.14. The second-order valence-electron chi connectivity index (χ2n) is 3.40. The number of carbonyl (C=O) groups is 1. The molecule has 0 aliphatic carbocycles. The standard InChI is InChI=1S/C10H12N2O2/c1-7-6-12(10(13)14-7)9-4-2-3-8(11)5-9/h2-5,7H,6,11H2,1H3. The number of nitrogen functional groups attached to an aromatic ring is 1. The molecule has 14 heavy (non-hydrogen) atoms. The molecule has 4 heteroatoms. The van der Waals surface area contributed by atoms with Crippen molar-refractivity contribution in [3.8, 4) is 0 Å². The van der Waals surface area contributed by atoms with E-state index in [0.29, 0.717) is 12.2 Å². The van der Waals surface area contributed by atoms with E-state index in [4.69, 9.17) is 10.5 Å². The molecule has 2 rings (SSSR count). The minimum Gasteiger partial charge on any atom is -0.444 e. The van der Waals surface area contributed by atoms with Gasteiger partial charge in [-0.15, -0.1) is 0 Å². The highest BCUT2D eigenvalue weighted by atomic mass is 16.6. The Morgan fingerprint density at radius 2 is 2.36 bits per heavy atom. The molecule has 0 spiro atoms. The highest BCUT2D eigenvalue weighted by Crippen LogP contribution is 2.22. The lowest BCUT2D eigenvalue weighted by atomic mass is 10.2. The van der Waals surface area contributed by atoms with Gasteiger partial charge in [-0.2, -0.15) is 0 Å². The Bertz CT molecular complexity index is 365. The number of hydrogen-bond donors (Lipinski definition) is 1. The summed E-state index contributed by atoms with van der Waals surface area (Å²) in [6, 6.07) is 7.21. The molecule has 1 amide bonds. The van der Waals surface area contributed by atoms with Crippen molar-refractivity contribution < 1.29 is 9.53 Å². The molecule has 74 valence electrons. The molecule has 1 aliphatic rings. The van der Waals surface area contributed by atoms with Gasteiger partial charge in [-0.3, -0.25) is 4.90 Å². The number of cyclic esters (lactones) is 1. The minimum absolute atomic E-state index is 0.0519. The van der Waals surface area contributed by atoms with Crippen LogP contribution in [0.25, 0.3) is 0 Å². The largest absolute Gasteiger partial charge is 0.444 e. The zero-order chi connectivity index (χ0) is 10.1. The van der Waals surface area contributed by atoms with Gasteiger partial charge in [0, 0.05) is 11.4 Å². The molecular weight excluding hydrogens is 180 g/mol. The summed E-state index contributed by atoms with van der Waals surface area (Å²) in [5, 5.41) is 0. The predicted octanol–water partition coefficient (Wildman–Crippen LogP) is 1.61. The summed E-state index contributed by atoms with van der Waals surface area (Å²) >= 11 is 0. The topological polar surface area (TPSA) is 55.6 Å². The Balaban J connectivity index is 2.27. The lowest BCUT2D eigenvalue weighted by Gasteiger charge is -2.12. The predicted molar refractivity (Wildman–Crippen MR) is 54.1 cm³/mol. The molecule has 0 saturated carbocycles. The van der Waals surface area contributed by atoms with Crippen LogP contribution < -0.4 is 10.6 Å². The molecule has 1 atom stereocenters. The molecule has 1 heterocycles. The Kier molecular flexibility index (Phi) is 2.04. The summed E-state index contributed by atoms with van der Waals surface area (Å²) in [5.41, 5.74) is 7.07. The van der Waals surface area contributed by atoms with Gasteiger partial charge in [0.1, 0.15) is 6.10 Å². The second kappa shape index (κ2) is 3.21. The van der Waals surface area contributed by atoms with Crippen LogP contribution in [-0.2, 0) is 4.74 Å². The fourth-order valence-electron chi connectivity index (χ4n) is 1.51. The molecule has 0 radical (unpaired) electrons. The molecule has 0 aromatic heterocycles. The van der Waals surface area contributed by atoms with Crippen LogP contribution in [0.1, 0.15) is 6.92 Å². The molecule has 1 aromatic rings. The number of hydrogen-bond acceptors (Lipinski definition) is 3. The number of anilines is 2. The van der Waals surface area contributed by atoms with Crippen LogP contribution in [-0.4, -0.2) is 18.7 Å². The van der Waals surface area contributed by atoms with Gasteiger partial charge in [0.05, 0.1) is 6.54 Å². The number of amides is 1. The summed E-state index contributed by atoms with van der Waals surface area (Å²) < 4.78 is 5.01. The van der Waals surface area contributed by atoms with Crippen LogP contribution in [0.5, 0.6) is 0 Å². The molecule has 1 fully saturated rings. The fraction of sp³-hybridized carbons (Fsp3) is 0.300. The van der Waals surface area contributed by atoms with Crippen LogP contribution in [0, 0.1) is 0 Å². The lowest BCUT2D eigenvalue weighted by molar-refractivity contribution is 0.150. The molecule has 0 bridgehead atoms. The first-order valence-electron chi connectivity index (χ1n) is 4.50. The van der Waals surface area contributed by atoms with E-state index in [0.717, 1.165) is 5.69 Å². The van der Waals surface area contributed by atoms with E-state index in [1.54, 1.807) is 17.0 Å². The number of carbonyl (C=O) groups excluding carboxylic acids is 1. The maximum Gasteiger partial charge on any atom is 0.414 e. The molecule has 4 nitrogen and oxygen atoms in total. The number of ether oxygens (including phenoxy) is 1. The molecular formula is C10H12N2O2. The first-order valence-corrected chi connectivity index (χ1v) is 4.50. The van der Waals surface area contributed by atoms with Crippen molar-refractivity contribution in [2.45, 2.75) is 13.0 Å². The average molecular weight is 192 g/mol. The summed E-state index contributed by atoms with van der Waals surface area (Å²) in [5.74, 6) is 0. The number of nitrogens with two attached hydrogens (primary N) is 1. The summed E-state index contributed by atoms with van der Waals surface area (Å²) in [6.45, 7) is 2.45. The molecule has 2 N–H and O–H groups in total. The van der Waals surface area contributed by atoms with Crippen LogP contribution in [0.2, 0.25) is 0 Å². The van der Waals surface area contributed by atoms with Gasteiger partial charge < -0.3 is 10.5 Å². The Labute approximate surface area is 82.3 Å². The third-order valence-electron chi connectivity index (χ3n) is 2.14. The van der Waals surface area contributed by atoms with Gasteiger partial charge in [0.2, 0.25) is 0 Å². The SMILES string of the molecule is CC1CN(c2cccc(N)c2)C(=O)O1. The molecule has 1 unspecified atom stereocenters. The van der Waals surface area contributed by atoms with Crippen LogP contribution >= 0.6 is 0 Å². The first-order chi connectivity index (χ1) is 6.66. The molecule has 1 aliphatic heterocycles. The number of rotatable bonds is 1. The average Bonchev–Trinajstić information content (AvgIpc) is 2.45. The van der Waals surface area contributed by atoms with Crippen molar-refractivity contribution in [2.24, 2.45) is 0 Å². The highest BCUT2D eigenvalue weighted by Gasteiger charge is 2.29. The number of nitrogens with zero attached hydrogens (tertiary/aromatic N) is 1. The highest BCUT2D eigenvalue weighted by molar-refractivity contribution is 5.90. The number of benzene rings is 1. The summed E-state index contributed by atoms with van der Waals surface area (Å²) in [7, 11) is 0. The third kappa shape index (κ3) is 1.51. The van der Waals surface area contributed by atoms with Crippen LogP contribution in [0.15, 0.2) is 24.3 Å². The van der Waals surface area contributed by atoms with E-state index in [-0.39, 0.29) is 12.2 Å². The van der Waals surface area contributed by atoms with Gasteiger partial charge in [-0.05, 0) is 25.1 Å². The Morgan fingerprint density at radius 3 is 2.93 bits per heavy atom. The van der Waals surface area contributed by atoms with E-state index >= 15 is 0 Å². The monoisotopic (exact) mass is 192 g/mol. The zero-order valence-corrected chi connectivity index (χ0v) is 7.93. The van der Waals surface area contributed by atoms with E-state index in [1.807, 2.05) is 19.1 Å². The van der Waals surface area contributed by atoms with Gasteiger partial charge in [-0.25, -0.2) is 4.79 Å². The van der Waals surface area contributed by atoms with Crippen molar-refractivity contribution in [3.05, 3.63) is 24.3 Å². The second-order valence-corrected chi connectivity index (χ2v) is 3.40. The fourth-order valence-corrected chi connectivity index (χ4v) is 1.51. The summed E-state index contributed by atoms with van der Waals surface area (Å²) in [6.07, 6.45) is -0.355. The van der Waals surface area contributed by atoms with Crippen molar-refractivity contribution in [1.29, 1.82) is 0 Å². The van der Waals surface area contributed by atoms with Gasteiger partial charge in [0.25, 0.3) is 0 Å². The molecule has 1 aromatic carbocycles. The van der Waals surface area contributed by atoms with Crippen molar-refractivity contribution in [2.75, 3.05) is 17.2 Å². The summed E-state index contributed by atoms with van der Waals surface area (Å²) in [4.78, 5) is 12.9. The van der Waals surface area contributed by atoms with Gasteiger partial charge in [0.15, 0.2) is 0 Å². The van der Waals surface area contributed by atoms with Crippen LogP contribution in [0.3, 0.4) is 0 Å². The van der Waals surface area contributed by atoms with Crippen molar-refractivity contribution in [3.63, 3.8) is 0 Å². The van der Waals surface area contributed by atoms with E-state index in [9.17, 15) is 4.79 Å². The molecule has 1 saturated heterocycles. The van der Waals surface area contributed by atoms with Crippen LogP contribution in [0.4, 0.5) is 16.2 Å². The quantitative estimate of drug-likeness (QED) is 0.688. The normalized spacial score (nSPS) is 21.1. The minimum atomic E-state index is -0.303. The van der Waals surface area contributed by atoms with Crippen molar-refractivity contribution in [1.82, 2.24) is 0 Å². The zero-order valence-electron chi connectivity index (χ0n) is 7.93. The van der Waals surface area contributed by atoms with E-state index < -0.39 is 0 Å². The maximum absolute atomic E-state index is 11.4. The lowest BCUT2D eigenvalue weighted by Crippen LogP contribution is -2.23. The maximum atomic E-state index is 11.4. The Morgan fingerprint density at radius 1 is 1.57 bits per heavy atom. The van der Waals surface area contributed by atoms with E-state index in [1.165, 1.54) is 0 Å². The van der Waals surface area contributed by atoms with Gasteiger partial charge >= 0.3 is 6.09 Å². The van der Waals surface area contributed by atoms with E-state index in [2.05, 4.69) is 0 Å². The smallest absolute Gasteiger partial charge is 0.414 e. The van der Waals surface area contributed by atoms with Crippen molar-refractivity contribution >= 4 is 17.5 Å². The van der Waals surface area contributed by atoms with Gasteiger partial charge in [-0.1, -0.05) is 6.07 Å². The first kappa shape index (κ1) is 8.87.